The predicted molar refractivity (Wildman–Crippen MR) is 54.9 cm³/mol. The van der Waals surface area contributed by atoms with E-state index in [9.17, 15) is 9.18 Å². The Balaban J connectivity index is 2.48. The molecule has 2 rings (SSSR count). The van der Waals surface area contributed by atoms with Crippen LogP contribution in [0.15, 0.2) is 24.3 Å². The highest BCUT2D eigenvalue weighted by atomic mass is 32.1. The second-order valence-corrected chi connectivity index (χ2v) is 3.94. The fraction of sp³-hybridized carbons (Fsp3) is 0. The molecule has 0 aliphatic carbocycles. The molecule has 5 heteroatoms. The third kappa shape index (κ3) is 1.80. The lowest BCUT2D eigenvalue weighted by Gasteiger charge is -1.88. The molecule has 0 saturated heterocycles. The zero-order valence-corrected chi connectivity index (χ0v) is 8.27. The molecule has 0 fully saturated rings. The fourth-order valence-electron chi connectivity index (χ4n) is 1.23. The number of nitrogens with zero attached hydrogens (tertiary/aromatic N) is 1. The summed E-state index contributed by atoms with van der Waals surface area (Å²) in [5.74, 6) is -0.796. The van der Waals surface area contributed by atoms with Crippen LogP contribution in [0.5, 0.6) is 0 Å². The Morgan fingerprint density at radius 1 is 1.47 bits per heavy atom. The third-order valence-electron chi connectivity index (χ3n) is 1.88. The predicted octanol–water partition coefficient (Wildman–Crippen LogP) is 2.25. The molecule has 0 bridgehead atoms. The minimum Gasteiger partial charge on any atom is -0.267 e. The molecule has 0 aliphatic heterocycles. The summed E-state index contributed by atoms with van der Waals surface area (Å²) in [7, 11) is 0. The summed E-state index contributed by atoms with van der Waals surface area (Å²) in [5, 5.41) is 11.1. The van der Waals surface area contributed by atoms with Gasteiger partial charge >= 0.3 is 0 Å². The number of carbonyl (C=O) groups excluding carboxylic acids is 1. The summed E-state index contributed by atoms with van der Waals surface area (Å²) in [4.78, 5) is 11.7. The Labute approximate surface area is 88.8 Å². The summed E-state index contributed by atoms with van der Waals surface area (Å²) in [5.41, 5.74) is 0. The van der Waals surface area contributed by atoms with Gasteiger partial charge < -0.3 is 0 Å². The number of hydrogen-bond donors (Lipinski definition) is 1. The number of nitrogens with one attached hydrogen (secondary N) is 1. The van der Waals surface area contributed by atoms with Gasteiger partial charge in [-0.2, -0.15) is 5.26 Å². The van der Waals surface area contributed by atoms with Crippen LogP contribution in [0.1, 0.15) is 9.67 Å². The van der Waals surface area contributed by atoms with Crippen LogP contribution in [0.4, 0.5) is 4.39 Å². The van der Waals surface area contributed by atoms with Gasteiger partial charge in [-0.15, -0.1) is 11.3 Å². The summed E-state index contributed by atoms with van der Waals surface area (Å²) < 4.78 is 13.5. The second kappa shape index (κ2) is 3.67. The van der Waals surface area contributed by atoms with Crippen LogP contribution in [0.3, 0.4) is 0 Å². The average Bonchev–Trinajstić information content (AvgIpc) is 2.60. The molecule has 0 aliphatic rings. The number of benzene rings is 1. The van der Waals surface area contributed by atoms with Crippen molar-refractivity contribution in [1.82, 2.24) is 5.32 Å². The largest absolute Gasteiger partial charge is 0.274 e. The van der Waals surface area contributed by atoms with Gasteiger partial charge in [0.1, 0.15) is 5.82 Å². The summed E-state index contributed by atoms with van der Waals surface area (Å²) in [6.07, 6.45) is 1.55. The number of nitriles is 1. The maximum absolute atomic E-state index is 12.8. The zero-order valence-electron chi connectivity index (χ0n) is 7.45. The fourth-order valence-corrected chi connectivity index (χ4v) is 2.21. The molecule has 0 atom stereocenters. The van der Waals surface area contributed by atoms with E-state index in [4.69, 9.17) is 5.26 Å². The molecule has 1 aromatic heterocycles. The number of amides is 1. The molecule has 1 N–H and O–H groups in total. The van der Waals surface area contributed by atoms with Crippen molar-refractivity contribution in [3.63, 3.8) is 0 Å². The normalized spacial score (nSPS) is 9.87. The van der Waals surface area contributed by atoms with Crippen molar-refractivity contribution in [2.45, 2.75) is 0 Å². The van der Waals surface area contributed by atoms with Crippen LogP contribution in [0, 0.1) is 17.3 Å². The van der Waals surface area contributed by atoms with Crippen molar-refractivity contribution in [3.05, 3.63) is 35.0 Å². The van der Waals surface area contributed by atoms with Crippen molar-refractivity contribution >= 4 is 27.3 Å². The number of halogens is 1. The van der Waals surface area contributed by atoms with Crippen LogP contribution >= 0.6 is 11.3 Å². The molecule has 0 saturated carbocycles. The van der Waals surface area contributed by atoms with Gasteiger partial charge in [-0.1, -0.05) is 6.07 Å². The first-order valence-corrected chi connectivity index (χ1v) is 4.91. The smallest absolute Gasteiger partial charge is 0.267 e. The van der Waals surface area contributed by atoms with Gasteiger partial charge in [0.05, 0.1) is 4.88 Å². The molecular formula is C10H5FN2OS. The number of carbonyl (C=O) groups is 1. The van der Waals surface area contributed by atoms with Crippen molar-refractivity contribution < 1.29 is 9.18 Å². The van der Waals surface area contributed by atoms with E-state index < -0.39 is 5.91 Å². The highest BCUT2D eigenvalue weighted by Gasteiger charge is 2.09. The van der Waals surface area contributed by atoms with E-state index >= 15 is 0 Å². The van der Waals surface area contributed by atoms with E-state index in [2.05, 4.69) is 0 Å². The third-order valence-corrected chi connectivity index (χ3v) is 2.97. The highest BCUT2D eigenvalue weighted by Crippen LogP contribution is 2.26. The van der Waals surface area contributed by atoms with Crippen LogP contribution in [-0.2, 0) is 0 Å². The van der Waals surface area contributed by atoms with E-state index in [0.717, 1.165) is 16.7 Å². The Morgan fingerprint density at radius 3 is 3.00 bits per heavy atom. The topological polar surface area (TPSA) is 52.9 Å². The zero-order chi connectivity index (χ0) is 10.8. The van der Waals surface area contributed by atoms with Gasteiger partial charge in [0.25, 0.3) is 5.91 Å². The Morgan fingerprint density at radius 2 is 2.27 bits per heavy atom. The standard InChI is InChI=1S/C10H5FN2OS/c11-7-2-1-6-3-9(10(14)13-5-12)15-8(6)4-7/h1-4H,(H,13,14). The maximum atomic E-state index is 12.8. The summed E-state index contributed by atoms with van der Waals surface area (Å²) in [6.45, 7) is 0. The molecule has 0 spiro atoms. The lowest BCUT2D eigenvalue weighted by Crippen LogP contribution is -2.15. The molecule has 15 heavy (non-hydrogen) atoms. The average molecular weight is 220 g/mol. The lowest BCUT2D eigenvalue weighted by molar-refractivity contribution is 0.0977. The van der Waals surface area contributed by atoms with Crippen molar-refractivity contribution in [2.75, 3.05) is 0 Å². The first-order valence-electron chi connectivity index (χ1n) is 4.09. The molecule has 1 amide bonds. The van der Waals surface area contributed by atoms with E-state index in [-0.39, 0.29) is 5.82 Å². The Hall–Kier alpha value is -1.93. The van der Waals surface area contributed by atoms with Crippen LogP contribution in [0.25, 0.3) is 10.1 Å². The first-order chi connectivity index (χ1) is 7.20. The van der Waals surface area contributed by atoms with Gasteiger partial charge in [-0.05, 0) is 23.6 Å². The minimum atomic E-state index is -0.459. The van der Waals surface area contributed by atoms with E-state index in [0.29, 0.717) is 9.58 Å². The van der Waals surface area contributed by atoms with Crippen LogP contribution in [-0.4, -0.2) is 5.91 Å². The number of rotatable bonds is 1. The van der Waals surface area contributed by atoms with Gasteiger partial charge in [0.2, 0.25) is 0 Å². The Bertz CT molecular complexity index is 570. The number of thiophene rings is 1. The van der Waals surface area contributed by atoms with Gasteiger partial charge in [0.15, 0.2) is 6.19 Å². The van der Waals surface area contributed by atoms with E-state index in [1.165, 1.54) is 12.1 Å². The molecule has 0 radical (unpaired) electrons. The van der Waals surface area contributed by atoms with Crippen molar-refractivity contribution in [1.29, 1.82) is 5.26 Å². The van der Waals surface area contributed by atoms with E-state index in [1.807, 2.05) is 5.32 Å². The second-order valence-electron chi connectivity index (χ2n) is 2.86. The first kappa shape index (κ1) is 9.62. The number of fused-ring (bicyclic) bond motifs is 1. The monoisotopic (exact) mass is 220 g/mol. The van der Waals surface area contributed by atoms with Crippen molar-refractivity contribution in [3.8, 4) is 6.19 Å². The minimum absolute atomic E-state index is 0.336. The quantitative estimate of drug-likeness (QED) is 0.592. The van der Waals surface area contributed by atoms with Crippen LogP contribution in [0.2, 0.25) is 0 Å². The van der Waals surface area contributed by atoms with E-state index in [1.54, 1.807) is 18.3 Å². The summed E-state index contributed by atoms with van der Waals surface area (Å²) in [6, 6.07) is 5.93. The molecule has 1 heterocycles. The maximum Gasteiger partial charge on any atom is 0.274 e. The Kier molecular flexibility index (Phi) is 2.35. The van der Waals surface area contributed by atoms with Crippen molar-refractivity contribution in [2.24, 2.45) is 0 Å². The molecular weight excluding hydrogens is 215 g/mol. The SMILES string of the molecule is N#CNC(=O)c1cc2ccc(F)cc2s1. The summed E-state index contributed by atoms with van der Waals surface area (Å²) >= 11 is 1.16. The molecule has 74 valence electrons. The van der Waals surface area contributed by atoms with Gasteiger partial charge in [-0.3, -0.25) is 10.1 Å². The molecule has 0 unspecified atom stereocenters. The molecule has 2 aromatic rings. The molecule has 3 nitrogen and oxygen atoms in total. The highest BCUT2D eigenvalue weighted by molar-refractivity contribution is 7.20. The van der Waals surface area contributed by atoms with Crippen LogP contribution < -0.4 is 5.32 Å². The van der Waals surface area contributed by atoms with Gasteiger partial charge in [-0.25, -0.2) is 4.39 Å². The molecule has 1 aromatic carbocycles. The number of hydrogen-bond acceptors (Lipinski definition) is 3. The lowest BCUT2D eigenvalue weighted by atomic mass is 10.2. The van der Waals surface area contributed by atoms with Gasteiger partial charge in [0, 0.05) is 4.70 Å².